The summed E-state index contributed by atoms with van der Waals surface area (Å²) < 4.78 is 0.992. The minimum absolute atomic E-state index is 0.503. The van der Waals surface area contributed by atoms with E-state index < -0.39 is 8.80 Å². The van der Waals surface area contributed by atoms with E-state index in [1.54, 1.807) is 0 Å². The fraction of sp³-hybridized carbons (Fsp3) is 0.600. The third-order valence-electron chi connectivity index (χ3n) is 1.55. The smallest absolute Gasteiger partial charge is 0.0846 e. The summed E-state index contributed by atoms with van der Waals surface area (Å²) in [5.74, 6) is 0. The van der Waals surface area contributed by atoms with Gasteiger partial charge in [0.05, 0.1) is 8.80 Å². The molecule has 40 valence electrons. The van der Waals surface area contributed by atoms with Crippen LogP contribution in [0.4, 0.5) is 0 Å². The Hall–Kier alpha value is 0.247. The number of hydrogen-bond donors (Lipinski definition) is 0. The summed E-state index contributed by atoms with van der Waals surface area (Å²) in [6.45, 7) is 3.70. The van der Waals surface area contributed by atoms with Crippen molar-refractivity contribution in [3.05, 3.63) is 11.2 Å². The molecule has 0 nitrogen and oxygen atoms in total. The van der Waals surface area contributed by atoms with Crippen LogP contribution < -0.4 is 0 Å². The van der Waals surface area contributed by atoms with Gasteiger partial charge in [-0.1, -0.05) is 36.7 Å². The maximum atomic E-state index is 5.65. The lowest BCUT2D eigenvalue weighted by Crippen LogP contribution is -2.21. The van der Waals surface area contributed by atoms with Gasteiger partial charge >= 0.3 is 0 Å². The van der Waals surface area contributed by atoms with E-state index in [1.165, 1.54) is 18.5 Å². The van der Waals surface area contributed by atoms with Gasteiger partial charge < -0.3 is 0 Å². The Morgan fingerprint density at radius 3 is 2.14 bits per heavy atom. The van der Waals surface area contributed by atoms with E-state index in [4.69, 9.17) is 11.6 Å². The van der Waals surface area contributed by atoms with Gasteiger partial charge in [0, 0.05) is 0 Å². The van der Waals surface area contributed by atoms with Crippen molar-refractivity contribution in [3.8, 4) is 0 Å². The Morgan fingerprint density at radius 2 is 2.14 bits per heavy atom. The van der Waals surface area contributed by atoms with Gasteiger partial charge in [-0.3, -0.25) is 0 Å². The molecule has 1 saturated heterocycles. The van der Waals surface area contributed by atoms with Crippen molar-refractivity contribution in [1.29, 1.82) is 0 Å². The third-order valence-corrected chi connectivity index (χ3v) is 5.57. The predicted molar refractivity (Wildman–Crippen MR) is 36.4 cm³/mol. The van der Waals surface area contributed by atoms with Gasteiger partial charge in [-0.15, -0.1) is 0 Å². The molecule has 2 heteroatoms. The lowest BCUT2D eigenvalue weighted by Gasteiger charge is -2.21. The van der Waals surface area contributed by atoms with Gasteiger partial charge in [0.1, 0.15) is 0 Å². The molecule has 0 unspecified atom stereocenters. The van der Waals surface area contributed by atoms with E-state index >= 15 is 0 Å². The second-order valence-electron chi connectivity index (χ2n) is 2.07. The van der Waals surface area contributed by atoms with Crippen molar-refractivity contribution in [3.63, 3.8) is 0 Å². The lowest BCUT2D eigenvalue weighted by atomic mass is 10.5. The zero-order valence-electron chi connectivity index (χ0n) is 4.28. The second kappa shape index (κ2) is 2.01. The van der Waals surface area contributed by atoms with Crippen molar-refractivity contribution in [2.45, 2.75) is 18.5 Å². The van der Waals surface area contributed by atoms with E-state index in [1.807, 2.05) is 0 Å². The summed E-state index contributed by atoms with van der Waals surface area (Å²) in [6, 6.07) is 2.81. The van der Waals surface area contributed by atoms with E-state index in [0.717, 1.165) is 4.66 Å². The van der Waals surface area contributed by atoms with Crippen LogP contribution in [0.5, 0.6) is 0 Å². The van der Waals surface area contributed by atoms with Gasteiger partial charge in [0.15, 0.2) is 0 Å². The summed E-state index contributed by atoms with van der Waals surface area (Å²) in [5, 5.41) is 0. The molecule has 0 radical (unpaired) electrons. The Morgan fingerprint density at radius 1 is 1.57 bits per heavy atom. The average Bonchev–Trinajstić information content (AvgIpc) is 1.23. The molecule has 0 amide bonds. The molecule has 1 aliphatic rings. The molecule has 0 N–H and O–H groups in total. The number of rotatable bonds is 1. The van der Waals surface area contributed by atoms with E-state index in [-0.39, 0.29) is 0 Å². The largest absolute Gasteiger partial charge is 0.0953 e. The molecular formula is C5H9ClSi. The first-order valence-corrected chi connectivity index (χ1v) is 5.24. The topological polar surface area (TPSA) is 0 Å². The molecule has 0 aliphatic carbocycles. The molecular weight excluding hydrogens is 124 g/mol. The third kappa shape index (κ3) is 1.07. The Kier molecular flexibility index (Phi) is 1.55. The maximum Gasteiger partial charge on any atom is 0.0846 e. The van der Waals surface area contributed by atoms with Gasteiger partial charge in [0.2, 0.25) is 0 Å². The molecule has 1 rings (SSSR count). The molecule has 0 spiro atoms. The van der Waals surface area contributed by atoms with Crippen molar-refractivity contribution in [2.24, 2.45) is 0 Å². The van der Waals surface area contributed by atoms with Crippen LogP contribution in [0.3, 0.4) is 0 Å². The fourth-order valence-corrected chi connectivity index (χ4v) is 2.82. The SMILES string of the molecule is C=C(Cl)[SiH]1CCC1. The lowest BCUT2D eigenvalue weighted by molar-refractivity contribution is 0.948. The zero-order valence-corrected chi connectivity index (χ0v) is 6.19. The maximum absolute atomic E-state index is 5.65. The summed E-state index contributed by atoms with van der Waals surface area (Å²) >= 11 is 5.65. The van der Waals surface area contributed by atoms with Crippen LogP contribution in [0.25, 0.3) is 0 Å². The van der Waals surface area contributed by atoms with Crippen LogP contribution in [0, 0.1) is 0 Å². The molecule has 0 aromatic carbocycles. The second-order valence-corrected chi connectivity index (χ2v) is 6.17. The minimum Gasteiger partial charge on any atom is -0.0953 e. The first-order valence-electron chi connectivity index (χ1n) is 2.65. The van der Waals surface area contributed by atoms with Gasteiger partial charge in [-0.05, 0) is 4.66 Å². The van der Waals surface area contributed by atoms with Gasteiger partial charge in [-0.2, -0.15) is 0 Å². The predicted octanol–water partition coefficient (Wildman–Crippen LogP) is 1.91. The Balaban J connectivity index is 2.27. The summed E-state index contributed by atoms with van der Waals surface area (Å²) in [6.07, 6.45) is 1.41. The standard InChI is InChI=1S/C5H9ClSi/c1-5(6)7-3-2-4-7/h7H,1-4H2. The van der Waals surface area contributed by atoms with Crippen molar-refractivity contribution < 1.29 is 0 Å². The Labute approximate surface area is 50.8 Å². The summed E-state index contributed by atoms with van der Waals surface area (Å²) in [4.78, 5) is 0. The van der Waals surface area contributed by atoms with Crippen LogP contribution >= 0.6 is 11.6 Å². The highest BCUT2D eigenvalue weighted by atomic mass is 35.5. The highest BCUT2D eigenvalue weighted by Gasteiger charge is 2.20. The molecule has 1 heterocycles. The molecule has 7 heavy (non-hydrogen) atoms. The average molecular weight is 133 g/mol. The molecule has 0 aromatic rings. The first kappa shape index (κ1) is 5.38. The first-order chi connectivity index (χ1) is 3.30. The van der Waals surface area contributed by atoms with Crippen molar-refractivity contribution in [1.82, 2.24) is 0 Å². The minimum atomic E-state index is -0.503. The van der Waals surface area contributed by atoms with Crippen molar-refractivity contribution >= 4 is 20.4 Å². The molecule has 0 aromatic heterocycles. The summed E-state index contributed by atoms with van der Waals surface area (Å²) in [7, 11) is -0.503. The quantitative estimate of drug-likeness (QED) is 0.479. The van der Waals surface area contributed by atoms with Gasteiger partial charge in [0.25, 0.3) is 0 Å². The van der Waals surface area contributed by atoms with Crippen LogP contribution in [0.1, 0.15) is 6.42 Å². The molecule has 0 atom stereocenters. The fourth-order valence-electron chi connectivity index (χ4n) is 0.721. The number of halogens is 1. The van der Waals surface area contributed by atoms with Gasteiger partial charge in [-0.25, -0.2) is 0 Å². The number of hydrogen-bond acceptors (Lipinski definition) is 0. The van der Waals surface area contributed by atoms with Crippen LogP contribution in [-0.4, -0.2) is 8.80 Å². The normalized spacial score (nSPS) is 21.3. The van der Waals surface area contributed by atoms with Crippen LogP contribution in [0.15, 0.2) is 11.2 Å². The van der Waals surface area contributed by atoms with Crippen molar-refractivity contribution in [2.75, 3.05) is 0 Å². The van der Waals surface area contributed by atoms with E-state index in [2.05, 4.69) is 6.58 Å². The van der Waals surface area contributed by atoms with Crippen LogP contribution in [0.2, 0.25) is 12.1 Å². The Bertz CT molecular complexity index is 86.1. The highest BCUT2D eigenvalue weighted by molar-refractivity contribution is 6.79. The van der Waals surface area contributed by atoms with Crippen LogP contribution in [-0.2, 0) is 0 Å². The zero-order chi connectivity index (χ0) is 5.28. The molecule has 0 bridgehead atoms. The summed E-state index contributed by atoms with van der Waals surface area (Å²) in [5.41, 5.74) is 0. The molecule has 1 aliphatic heterocycles. The monoisotopic (exact) mass is 132 g/mol. The van der Waals surface area contributed by atoms with E-state index in [0.29, 0.717) is 0 Å². The molecule has 0 saturated carbocycles. The highest BCUT2D eigenvalue weighted by Crippen LogP contribution is 2.26. The molecule has 1 fully saturated rings. The van der Waals surface area contributed by atoms with E-state index in [9.17, 15) is 0 Å².